The fourth-order valence-electron chi connectivity index (χ4n) is 1.52. The molecule has 104 valence electrons. The highest BCUT2D eigenvalue weighted by Crippen LogP contribution is 2.19. The maximum absolute atomic E-state index is 5.93. The molecule has 0 aliphatic heterocycles. The molecular formula is C14H14ClN3S2. The van der Waals surface area contributed by atoms with E-state index in [1.165, 1.54) is 0 Å². The van der Waals surface area contributed by atoms with Crippen molar-refractivity contribution in [2.75, 3.05) is 12.4 Å². The second kappa shape index (κ2) is 6.83. The predicted molar refractivity (Wildman–Crippen MR) is 92.1 cm³/mol. The number of hydrogen-bond donors (Lipinski definition) is 1. The molecule has 0 bridgehead atoms. The van der Waals surface area contributed by atoms with E-state index in [0.29, 0.717) is 10.1 Å². The first kappa shape index (κ1) is 15.0. The number of rotatable bonds is 3. The van der Waals surface area contributed by atoms with Gasteiger partial charge in [-0.3, -0.25) is 0 Å². The van der Waals surface area contributed by atoms with Crippen LogP contribution in [0.4, 0.5) is 5.69 Å². The quantitative estimate of drug-likeness (QED) is 0.516. The standard InChI is InChI=1S/C14H14ClN3S2/c1-10-8-11(15)5-6-13(10)17-14(19)18(2)16-9-12-4-3-7-20-12/h3-9H,1-2H3,(H,17,19)/b16-9+. The molecule has 1 aromatic heterocycles. The summed E-state index contributed by atoms with van der Waals surface area (Å²) in [4.78, 5) is 1.09. The minimum absolute atomic E-state index is 0.531. The first-order valence-corrected chi connectivity index (χ1v) is 7.61. The summed E-state index contributed by atoms with van der Waals surface area (Å²) in [5.41, 5.74) is 1.97. The van der Waals surface area contributed by atoms with Crippen molar-refractivity contribution in [1.82, 2.24) is 5.01 Å². The number of hydrazone groups is 1. The van der Waals surface area contributed by atoms with E-state index in [1.54, 1.807) is 22.6 Å². The lowest BCUT2D eigenvalue weighted by Gasteiger charge is -2.16. The fraction of sp³-hybridized carbons (Fsp3) is 0.143. The van der Waals surface area contributed by atoms with Crippen molar-refractivity contribution in [2.45, 2.75) is 6.92 Å². The van der Waals surface area contributed by atoms with E-state index in [-0.39, 0.29) is 0 Å². The van der Waals surface area contributed by atoms with Gasteiger partial charge in [-0.05, 0) is 54.4 Å². The van der Waals surface area contributed by atoms with E-state index in [0.717, 1.165) is 16.1 Å². The Labute approximate surface area is 132 Å². The van der Waals surface area contributed by atoms with Crippen LogP contribution in [0.2, 0.25) is 5.02 Å². The predicted octanol–water partition coefficient (Wildman–Crippen LogP) is 4.37. The van der Waals surface area contributed by atoms with Gasteiger partial charge in [0.15, 0.2) is 5.11 Å². The van der Waals surface area contributed by atoms with E-state index in [1.807, 2.05) is 49.7 Å². The number of anilines is 1. The van der Waals surface area contributed by atoms with Crippen LogP contribution in [0, 0.1) is 6.92 Å². The number of nitrogens with zero attached hydrogens (tertiary/aromatic N) is 2. The van der Waals surface area contributed by atoms with Gasteiger partial charge in [-0.25, -0.2) is 5.01 Å². The minimum Gasteiger partial charge on any atom is -0.331 e. The van der Waals surface area contributed by atoms with Crippen LogP contribution in [0.1, 0.15) is 10.4 Å². The molecule has 0 spiro atoms. The molecule has 0 fully saturated rings. The average molecular weight is 324 g/mol. The van der Waals surface area contributed by atoms with Crippen molar-refractivity contribution in [1.29, 1.82) is 0 Å². The van der Waals surface area contributed by atoms with E-state index in [9.17, 15) is 0 Å². The molecule has 2 rings (SSSR count). The SMILES string of the molecule is Cc1cc(Cl)ccc1NC(=S)N(C)/N=C/c1cccs1. The van der Waals surface area contributed by atoms with Gasteiger partial charge in [0.05, 0.1) is 6.21 Å². The molecule has 0 saturated heterocycles. The smallest absolute Gasteiger partial charge is 0.193 e. The molecule has 0 radical (unpaired) electrons. The molecule has 0 aliphatic carbocycles. The molecule has 1 aromatic carbocycles. The Morgan fingerprint density at radius 2 is 2.25 bits per heavy atom. The molecule has 1 heterocycles. The third-order valence-corrected chi connectivity index (χ3v) is 4.03. The molecule has 1 N–H and O–H groups in total. The molecule has 0 aliphatic rings. The lowest BCUT2D eigenvalue weighted by molar-refractivity contribution is 0.557. The maximum Gasteiger partial charge on any atom is 0.193 e. The molecule has 0 atom stereocenters. The van der Waals surface area contributed by atoms with Gasteiger partial charge >= 0.3 is 0 Å². The first-order valence-electron chi connectivity index (χ1n) is 5.94. The third kappa shape index (κ3) is 4.03. The largest absolute Gasteiger partial charge is 0.331 e. The van der Waals surface area contributed by atoms with Crippen LogP contribution < -0.4 is 5.32 Å². The molecule has 0 unspecified atom stereocenters. The van der Waals surface area contributed by atoms with Gasteiger partial charge in [-0.2, -0.15) is 5.10 Å². The van der Waals surface area contributed by atoms with Crippen LogP contribution in [0.25, 0.3) is 0 Å². The number of hydrogen-bond acceptors (Lipinski definition) is 3. The molecule has 2 aromatic rings. The Morgan fingerprint density at radius 3 is 2.90 bits per heavy atom. The number of nitrogens with one attached hydrogen (secondary N) is 1. The number of thiophene rings is 1. The van der Waals surface area contributed by atoms with Crippen LogP contribution in [0.15, 0.2) is 40.8 Å². The molecule has 6 heteroatoms. The Morgan fingerprint density at radius 1 is 1.45 bits per heavy atom. The van der Waals surface area contributed by atoms with Crippen LogP contribution >= 0.6 is 35.2 Å². The second-order valence-electron chi connectivity index (χ2n) is 4.17. The van der Waals surface area contributed by atoms with Gasteiger partial charge in [-0.1, -0.05) is 17.7 Å². The van der Waals surface area contributed by atoms with Gasteiger partial charge in [-0.15, -0.1) is 11.3 Å². The molecule has 0 saturated carbocycles. The monoisotopic (exact) mass is 323 g/mol. The van der Waals surface area contributed by atoms with Crippen LogP contribution in [-0.2, 0) is 0 Å². The average Bonchev–Trinajstić information content (AvgIpc) is 2.92. The first-order chi connectivity index (χ1) is 9.56. The fourth-order valence-corrected chi connectivity index (χ4v) is 2.49. The van der Waals surface area contributed by atoms with Gasteiger partial charge in [0, 0.05) is 22.6 Å². The van der Waals surface area contributed by atoms with Gasteiger partial charge in [0.25, 0.3) is 0 Å². The van der Waals surface area contributed by atoms with Crippen LogP contribution in [-0.4, -0.2) is 23.4 Å². The minimum atomic E-state index is 0.531. The summed E-state index contributed by atoms with van der Waals surface area (Å²) in [6.45, 7) is 1.98. The summed E-state index contributed by atoms with van der Waals surface area (Å²) in [6.07, 6.45) is 1.79. The Hall–Kier alpha value is -1.43. The van der Waals surface area contributed by atoms with Gasteiger partial charge in [0.1, 0.15) is 0 Å². The van der Waals surface area contributed by atoms with Crippen LogP contribution in [0.3, 0.4) is 0 Å². The van der Waals surface area contributed by atoms with Crippen molar-refractivity contribution in [3.63, 3.8) is 0 Å². The van der Waals surface area contributed by atoms with Gasteiger partial charge in [0.2, 0.25) is 0 Å². The Balaban J connectivity index is 2.00. The highest BCUT2D eigenvalue weighted by Gasteiger charge is 2.05. The zero-order valence-electron chi connectivity index (χ0n) is 11.1. The van der Waals surface area contributed by atoms with E-state index < -0.39 is 0 Å². The normalized spacial score (nSPS) is 10.8. The summed E-state index contributed by atoms with van der Waals surface area (Å²) in [5, 5.41) is 12.3. The lowest BCUT2D eigenvalue weighted by Crippen LogP contribution is -2.26. The lowest BCUT2D eigenvalue weighted by atomic mass is 10.2. The highest BCUT2D eigenvalue weighted by atomic mass is 35.5. The summed E-state index contributed by atoms with van der Waals surface area (Å²) in [6, 6.07) is 9.61. The Kier molecular flexibility index (Phi) is 5.11. The number of thiocarbonyl (C=S) groups is 1. The molecular weight excluding hydrogens is 310 g/mol. The van der Waals surface area contributed by atoms with E-state index in [2.05, 4.69) is 10.4 Å². The summed E-state index contributed by atoms with van der Waals surface area (Å²) in [7, 11) is 1.81. The topological polar surface area (TPSA) is 27.6 Å². The maximum atomic E-state index is 5.93. The number of aryl methyl sites for hydroxylation is 1. The zero-order chi connectivity index (χ0) is 14.5. The third-order valence-electron chi connectivity index (χ3n) is 2.63. The van der Waals surface area contributed by atoms with Gasteiger partial charge < -0.3 is 5.32 Å². The number of halogens is 1. The van der Waals surface area contributed by atoms with Crippen molar-refractivity contribution in [3.05, 3.63) is 51.2 Å². The van der Waals surface area contributed by atoms with Crippen LogP contribution in [0.5, 0.6) is 0 Å². The number of benzene rings is 1. The molecule has 0 amide bonds. The molecule has 20 heavy (non-hydrogen) atoms. The van der Waals surface area contributed by atoms with E-state index >= 15 is 0 Å². The molecule has 3 nitrogen and oxygen atoms in total. The van der Waals surface area contributed by atoms with Crippen molar-refractivity contribution in [2.24, 2.45) is 5.10 Å². The van der Waals surface area contributed by atoms with Crippen molar-refractivity contribution in [3.8, 4) is 0 Å². The zero-order valence-corrected chi connectivity index (χ0v) is 13.5. The second-order valence-corrected chi connectivity index (χ2v) is 5.98. The van der Waals surface area contributed by atoms with E-state index in [4.69, 9.17) is 23.8 Å². The van der Waals surface area contributed by atoms with Crippen molar-refractivity contribution < 1.29 is 0 Å². The highest BCUT2D eigenvalue weighted by molar-refractivity contribution is 7.80. The summed E-state index contributed by atoms with van der Waals surface area (Å²) < 4.78 is 0. The van der Waals surface area contributed by atoms with Crippen molar-refractivity contribution >= 4 is 52.2 Å². The summed E-state index contributed by atoms with van der Waals surface area (Å²) >= 11 is 12.9. The Bertz CT molecular complexity index is 623. The summed E-state index contributed by atoms with van der Waals surface area (Å²) in [5.74, 6) is 0.